The van der Waals surface area contributed by atoms with Crippen molar-refractivity contribution in [2.75, 3.05) is 19.5 Å². The molecule has 0 aliphatic carbocycles. The molecule has 4 heteroatoms. The summed E-state index contributed by atoms with van der Waals surface area (Å²) in [5.41, 5.74) is 7.34. The molecular weight excluding hydrogens is 246 g/mol. The molecule has 0 bridgehead atoms. The molecule has 1 fully saturated rings. The van der Waals surface area contributed by atoms with Gasteiger partial charge in [0.2, 0.25) is 0 Å². The summed E-state index contributed by atoms with van der Waals surface area (Å²) >= 11 is 1.91. The Morgan fingerprint density at radius 3 is 2.94 bits per heavy atom. The minimum absolute atomic E-state index is 0.0129. The van der Waals surface area contributed by atoms with Crippen molar-refractivity contribution in [2.45, 2.75) is 30.7 Å². The first-order chi connectivity index (χ1) is 8.72. The van der Waals surface area contributed by atoms with Crippen LogP contribution in [0.1, 0.15) is 24.9 Å². The van der Waals surface area contributed by atoms with Gasteiger partial charge in [-0.25, -0.2) is 0 Å². The molecule has 1 saturated heterocycles. The van der Waals surface area contributed by atoms with E-state index in [-0.39, 0.29) is 6.04 Å². The van der Waals surface area contributed by atoms with E-state index in [2.05, 4.69) is 6.92 Å². The third-order valence-electron chi connectivity index (χ3n) is 3.33. The summed E-state index contributed by atoms with van der Waals surface area (Å²) in [6.45, 7) is 3.02. The molecule has 3 atom stereocenters. The van der Waals surface area contributed by atoms with Crippen molar-refractivity contribution in [1.82, 2.24) is 0 Å². The van der Waals surface area contributed by atoms with Gasteiger partial charge in [0.15, 0.2) is 0 Å². The van der Waals surface area contributed by atoms with Crippen molar-refractivity contribution in [3.8, 4) is 5.75 Å². The Morgan fingerprint density at radius 2 is 2.28 bits per heavy atom. The highest BCUT2D eigenvalue weighted by Gasteiger charge is 2.25. The lowest BCUT2D eigenvalue weighted by molar-refractivity contribution is 0.127. The summed E-state index contributed by atoms with van der Waals surface area (Å²) < 4.78 is 10.9. The van der Waals surface area contributed by atoms with Gasteiger partial charge in [-0.05, 0) is 19.4 Å². The normalized spacial score (nSPS) is 25.1. The van der Waals surface area contributed by atoms with Gasteiger partial charge in [-0.1, -0.05) is 18.2 Å². The fourth-order valence-electron chi connectivity index (χ4n) is 2.22. The SMILES string of the molecule is COc1ccccc1C(N)CSC1CCOC1C. The molecule has 100 valence electrons. The Bertz CT molecular complexity index is 386. The maximum Gasteiger partial charge on any atom is 0.123 e. The van der Waals surface area contributed by atoms with Crippen LogP contribution in [0, 0.1) is 0 Å². The summed E-state index contributed by atoms with van der Waals surface area (Å²) in [5, 5.41) is 0.575. The molecule has 2 N–H and O–H groups in total. The predicted octanol–water partition coefficient (Wildman–Crippen LogP) is 2.61. The van der Waals surface area contributed by atoms with Crippen LogP contribution >= 0.6 is 11.8 Å². The first-order valence-electron chi connectivity index (χ1n) is 6.34. The number of thioether (sulfide) groups is 1. The summed E-state index contributed by atoms with van der Waals surface area (Å²) in [6, 6.07) is 7.98. The third-order valence-corrected chi connectivity index (χ3v) is 4.93. The van der Waals surface area contributed by atoms with Crippen molar-refractivity contribution < 1.29 is 9.47 Å². The molecule has 1 heterocycles. The second-order valence-electron chi connectivity index (χ2n) is 4.58. The Morgan fingerprint density at radius 1 is 1.50 bits per heavy atom. The lowest BCUT2D eigenvalue weighted by Gasteiger charge is -2.19. The average molecular weight is 267 g/mol. The number of ether oxygens (including phenoxy) is 2. The maximum atomic E-state index is 6.25. The molecule has 3 nitrogen and oxygen atoms in total. The fourth-order valence-corrected chi connectivity index (χ4v) is 3.47. The van der Waals surface area contributed by atoms with Crippen molar-refractivity contribution in [3.05, 3.63) is 29.8 Å². The van der Waals surface area contributed by atoms with E-state index in [1.165, 1.54) is 0 Å². The molecule has 18 heavy (non-hydrogen) atoms. The van der Waals surface area contributed by atoms with Crippen LogP contribution in [0.2, 0.25) is 0 Å². The Kier molecular flexibility index (Phi) is 4.92. The van der Waals surface area contributed by atoms with E-state index in [4.69, 9.17) is 15.2 Å². The van der Waals surface area contributed by atoms with E-state index in [9.17, 15) is 0 Å². The largest absolute Gasteiger partial charge is 0.496 e. The van der Waals surface area contributed by atoms with Crippen molar-refractivity contribution in [2.24, 2.45) is 5.73 Å². The number of hydrogen-bond acceptors (Lipinski definition) is 4. The highest BCUT2D eigenvalue weighted by molar-refractivity contribution is 8.00. The minimum atomic E-state index is 0.0129. The smallest absolute Gasteiger partial charge is 0.123 e. The van der Waals surface area contributed by atoms with Gasteiger partial charge in [-0.3, -0.25) is 0 Å². The highest BCUT2D eigenvalue weighted by Crippen LogP contribution is 2.31. The van der Waals surface area contributed by atoms with E-state index in [0.29, 0.717) is 11.4 Å². The van der Waals surface area contributed by atoms with Crippen LogP contribution < -0.4 is 10.5 Å². The van der Waals surface area contributed by atoms with Crippen LogP contribution in [0.4, 0.5) is 0 Å². The van der Waals surface area contributed by atoms with Gasteiger partial charge >= 0.3 is 0 Å². The molecular formula is C14H21NO2S. The molecule has 1 aromatic rings. The van der Waals surface area contributed by atoms with E-state index >= 15 is 0 Å². The molecule has 1 aromatic carbocycles. The topological polar surface area (TPSA) is 44.5 Å². The highest BCUT2D eigenvalue weighted by atomic mass is 32.2. The number of methoxy groups -OCH3 is 1. The second-order valence-corrected chi connectivity index (χ2v) is 5.86. The van der Waals surface area contributed by atoms with Gasteiger partial charge < -0.3 is 15.2 Å². The van der Waals surface area contributed by atoms with Crippen LogP contribution in [0.5, 0.6) is 5.75 Å². The quantitative estimate of drug-likeness (QED) is 0.890. The molecule has 2 rings (SSSR count). The van der Waals surface area contributed by atoms with Gasteiger partial charge in [0.1, 0.15) is 5.75 Å². The fraction of sp³-hybridized carbons (Fsp3) is 0.571. The molecule has 0 aromatic heterocycles. The van der Waals surface area contributed by atoms with Gasteiger partial charge in [0.05, 0.1) is 13.2 Å². The molecule has 0 saturated carbocycles. The third kappa shape index (κ3) is 3.19. The van der Waals surface area contributed by atoms with E-state index in [1.54, 1.807) is 7.11 Å². The Hall–Kier alpha value is -0.710. The summed E-state index contributed by atoms with van der Waals surface area (Å²) in [4.78, 5) is 0. The van der Waals surface area contributed by atoms with E-state index in [1.807, 2.05) is 36.0 Å². The zero-order valence-corrected chi connectivity index (χ0v) is 11.8. The second kappa shape index (κ2) is 6.45. The molecule has 1 aliphatic heterocycles. The van der Waals surface area contributed by atoms with Gasteiger partial charge in [-0.2, -0.15) is 11.8 Å². The van der Waals surface area contributed by atoms with Crippen molar-refractivity contribution in [3.63, 3.8) is 0 Å². The molecule has 0 spiro atoms. The molecule has 0 radical (unpaired) electrons. The molecule has 3 unspecified atom stereocenters. The molecule has 0 amide bonds. The van der Waals surface area contributed by atoms with Crippen molar-refractivity contribution in [1.29, 1.82) is 0 Å². The maximum absolute atomic E-state index is 6.25. The lowest BCUT2D eigenvalue weighted by Crippen LogP contribution is -2.19. The number of rotatable bonds is 5. The molecule has 1 aliphatic rings. The number of para-hydroxylation sites is 1. The predicted molar refractivity (Wildman–Crippen MR) is 76.2 cm³/mol. The minimum Gasteiger partial charge on any atom is -0.496 e. The zero-order chi connectivity index (χ0) is 13.0. The summed E-state index contributed by atoms with van der Waals surface area (Å²) in [6.07, 6.45) is 1.48. The number of hydrogen-bond donors (Lipinski definition) is 1. The van der Waals surface area contributed by atoms with E-state index in [0.717, 1.165) is 30.1 Å². The number of nitrogens with two attached hydrogens (primary N) is 1. The van der Waals surface area contributed by atoms with Crippen LogP contribution in [0.3, 0.4) is 0 Å². The summed E-state index contributed by atoms with van der Waals surface area (Å²) in [5.74, 6) is 1.78. The van der Waals surface area contributed by atoms with Crippen LogP contribution in [-0.4, -0.2) is 30.8 Å². The Balaban J connectivity index is 1.92. The zero-order valence-electron chi connectivity index (χ0n) is 11.0. The average Bonchev–Trinajstić information content (AvgIpc) is 2.81. The summed E-state index contributed by atoms with van der Waals surface area (Å²) in [7, 11) is 1.69. The van der Waals surface area contributed by atoms with Crippen LogP contribution in [0.15, 0.2) is 24.3 Å². The first kappa shape index (κ1) is 13.7. The van der Waals surface area contributed by atoms with Crippen molar-refractivity contribution >= 4 is 11.8 Å². The monoisotopic (exact) mass is 267 g/mol. The van der Waals surface area contributed by atoms with E-state index < -0.39 is 0 Å². The van der Waals surface area contributed by atoms with Gasteiger partial charge in [-0.15, -0.1) is 0 Å². The first-order valence-corrected chi connectivity index (χ1v) is 7.39. The van der Waals surface area contributed by atoms with Gasteiger partial charge in [0, 0.05) is 29.2 Å². The van der Waals surface area contributed by atoms with Crippen LogP contribution in [0.25, 0.3) is 0 Å². The Labute approximate surface area is 113 Å². The number of benzene rings is 1. The standard InChI is InChI=1S/C14H21NO2S/c1-10-14(7-8-17-10)18-9-12(15)11-5-3-4-6-13(11)16-2/h3-6,10,12,14H,7-9,15H2,1-2H3. The lowest BCUT2D eigenvalue weighted by atomic mass is 10.1. The van der Waals surface area contributed by atoms with Crippen LogP contribution in [-0.2, 0) is 4.74 Å². The van der Waals surface area contributed by atoms with Gasteiger partial charge in [0.25, 0.3) is 0 Å².